The lowest BCUT2D eigenvalue weighted by molar-refractivity contribution is -0.394. The monoisotopic (exact) mass is 592 g/mol. The van der Waals surface area contributed by atoms with Gasteiger partial charge in [-0.3, -0.25) is 39.5 Å². The zero-order chi connectivity index (χ0) is 30.6. The van der Waals surface area contributed by atoms with E-state index in [4.69, 9.17) is 9.47 Å². The van der Waals surface area contributed by atoms with Gasteiger partial charge in [-0.25, -0.2) is 0 Å². The van der Waals surface area contributed by atoms with Crippen molar-refractivity contribution in [2.75, 3.05) is 19.0 Å². The Hall–Kier alpha value is -5.24. The summed E-state index contributed by atoms with van der Waals surface area (Å²) in [4.78, 5) is 60.3. The highest BCUT2D eigenvalue weighted by Gasteiger charge is 2.36. The number of anilines is 1. The average Bonchev–Trinajstić information content (AvgIpc) is 3.21. The van der Waals surface area contributed by atoms with Gasteiger partial charge in [-0.05, 0) is 53.6 Å². The number of benzene rings is 3. The number of hydrogen-bond donors (Lipinski definition) is 1. The summed E-state index contributed by atoms with van der Waals surface area (Å²) in [5.41, 5.74) is 0.673. The molecule has 0 aliphatic carbocycles. The molecule has 42 heavy (non-hydrogen) atoms. The van der Waals surface area contributed by atoms with Crippen LogP contribution in [0.3, 0.4) is 0 Å². The third-order valence-corrected chi connectivity index (χ3v) is 7.02. The fourth-order valence-corrected chi connectivity index (χ4v) is 4.78. The van der Waals surface area contributed by atoms with E-state index in [1.165, 1.54) is 25.3 Å². The first kappa shape index (κ1) is 29.7. The van der Waals surface area contributed by atoms with Crippen LogP contribution in [-0.2, 0) is 9.59 Å². The number of non-ortho nitro benzene ring substituents is 1. The highest BCUT2D eigenvalue weighted by atomic mass is 32.2. The maximum absolute atomic E-state index is 13.1. The second-order valence-electron chi connectivity index (χ2n) is 9.24. The van der Waals surface area contributed by atoms with Crippen LogP contribution in [0.5, 0.6) is 17.2 Å². The van der Waals surface area contributed by atoms with Gasteiger partial charge >= 0.3 is 5.69 Å². The van der Waals surface area contributed by atoms with Crippen molar-refractivity contribution >= 4 is 52.0 Å². The molecule has 3 amide bonds. The standard InChI is InChI=1S/C28H24N4O9S/c1-16(2)17-7-9-19(10-8-17)29-25(33)15-30-27(34)24(42-28(30)35)13-18-5-4-6-23(40-3)26(18)41-22-12-11-20(31(36)37)14-21(22)32(38)39/h4-14,16H,15H2,1-3H3,(H,29,33)/b24-13+. The average molecular weight is 593 g/mol. The number of para-hydroxylation sites is 1. The molecule has 0 radical (unpaired) electrons. The van der Waals surface area contributed by atoms with E-state index >= 15 is 0 Å². The molecule has 1 aliphatic rings. The Morgan fingerprint density at radius 3 is 2.36 bits per heavy atom. The molecule has 0 bridgehead atoms. The van der Waals surface area contributed by atoms with Crippen LogP contribution in [0.4, 0.5) is 21.9 Å². The number of carbonyl (C=O) groups excluding carboxylic acids is 3. The van der Waals surface area contributed by atoms with Crippen molar-refractivity contribution in [3.05, 3.63) is 96.9 Å². The molecule has 3 aromatic carbocycles. The van der Waals surface area contributed by atoms with Gasteiger partial charge < -0.3 is 14.8 Å². The third kappa shape index (κ3) is 6.55. The number of ether oxygens (including phenoxy) is 2. The molecule has 0 unspecified atom stereocenters. The number of nitrogens with one attached hydrogen (secondary N) is 1. The van der Waals surface area contributed by atoms with Crippen LogP contribution < -0.4 is 14.8 Å². The Morgan fingerprint density at radius 2 is 1.74 bits per heavy atom. The quantitative estimate of drug-likeness (QED) is 0.165. The summed E-state index contributed by atoms with van der Waals surface area (Å²) in [5.74, 6) is -1.17. The first-order valence-electron chi connectivity index (χ1n) is 12.4. The molecule has 1 saturated heterocycles. The van der Waals surface area contributed by atoms with E-state index in [0.717, 1.165) is 28.7 Å². The van der Waals surface area contributed by atoms with Crippen molar-refractivity contribution in [2.45, 2.75) is 19.8 Å². The Morgan fingerprint density at radius 1 is 1.02 bits per heavy atom. The van der Waals surface area contributed by atoms with Crippen LogP contribution in [0.1, 0.15) is 30.9 Å². The zero-order valence-electron chi connectivity index (χ0n) is 22.6. The van der Waals surface area contributed by atoms with Crippen molar-refractivity contribution in [2.24, 2.45) is 0 Å². The fourth-order valence-electron chi connectivity index (χ4n) is 3.95. The number of rotatable bonds is 10. The van der Waals surface area contributed by atoms with E-state index in [-0.39, 0.29) is 27.7 Å². The number of carbonyl (C=O) groups is 3. The lowest BCUT2D eigenvalue weighted by atomic mass is 10.0. The Labute approximate surface area is 243 Å². The number of nitro groups is 2. The zero-order valence-corrected chi connectivity index (χ0v) is 23.4. The highest BCUT2D eigenvalue weighted by Crippen LogP contribution is 2.42. The third-order valence-electron chi connectivity index (χ3n) is 6.11. The van der Waals surface area contributed by atoms with Crippen molar-refractivity contribution in [3.63, 3.8) is 0 Å². The van der Waals surface area contributed by atoms with Crippen molar-refractivity contribution in [3.8, 4) is 17.2 Å². The van der Waals surface area contributed by atoms with Gasteiger partial charge in [-0.15, -0.1) is 0 Å². The molecule has 1 aliphatic heterocycles. The van der Waals surface area contributed by atoms with Gasteiger partial charge in [0.25, 0.3) is 16.8 Å². The van der Waals surface area contributed by atoms with Crippen LogP contribution >= 0.6 is 11.8 Å². The van der Waals surface area contributed by atoms with E-state index in [1.54, 1.807) is 18.2 Å². The molecule has 1 fully saturated rings. The van der Waals surface area contributed by atoms with Gasteiger partial charge in [-0.2, -0.15) is 0 Å². The van der Waals surface area contributed by atoms with Crippen LogP contribution in [0, 0.1) is 20.2 Å². The topological polar surface area (TPSA) is 171 Å². The summed E-state index contributed by atoms with van der Waals surface area (Å²) in [7, 11) is 1.33. The molecule has 1 heterocycles. The van der Waals surface area contributed by atoms with Crippen molar-refractivity contribution in [1.82, 2.24) is 4.90 Å². The lowest BCUT2D eigenvalue weighted by Crippen LogP contribution is -2.36. The SMILES string of the molecule is COc1cccc(/C=C2/SC(=O)N(CC(=O)Nc3ccc(C(C)C)cc3)C2=O)c1Oc1ccc([N+](=O)[O-])cc1[N+](=O)[O-]. The van der Waals surface area contributed by atoms with E-state index in [1.807, 2.05) is 26.0 Å². The summed E-state index contributed by atoms with van der Waals surface area (Å²) in [6.07, 6.45) is 1.34. The summed E-state index contributed by atoms with van der Waals surface area (Å²) in [6, 6.07) is 14.7. The van der Waals surface area contributed by atoms with E-state index in [2.05, 4.69) is 5.32 Å². The van der Waals surface area contributed by atoms with Gasteiger partial charge in [-0.1, -0.05) is 38.1 Å². The minimum Gasteiger partial charge on any atom is -0.493 e. The van der Waals surface area contributed by atoms with Gasteiger partial charge in [0.15, 0.2) is 11.5 Å². The number of imide groups is 1. The molecule has 4 rings (SSSR count). The normalized spacial score (nSPS) is 13.9. The molecule has 1 N–H and O–H groups in total. The second kappa shape index (κ2) is 12.5. The van der Waals surface area contributed by atoms with Crippen LogP contribution in [0.15, 0.2) is 65.6 Å². The first-order valence-corrected chi connectivity index (χ1v) is 13.2. The van der Waals surface area contributed by atoms with Crippen LogP contribution in [0.2, 0.25) is 0 Å². The van der Waals surface area contributed by atoms with Gasteiger partial charge in [0.1, 0.15) is 6.54 Å². The number of nitrogens with zero attached hydrogens (tertiary/aromatic N) is 3. The summed E-state index contributed by atoms with van der Waals surface area (Å²) in [6.45, 7) is 3.58. The summed E-state index contributed by atoms with van der Waals surface area (Å²) < 4.78 is 11.1. The van der Waals surface area contributed by atoms with Gasteiger partial charge in [0.05, 0.1) is 27.9 Å². The first-order chi connectivity index (χ1) is 20.0. The molecule has 14 heteroatoms. The number of nitro benzene ring substituents is 2. The second-order valence-corrected chi connectivity index (χ2v) is 10.2. The Kier molecular flexibility index (Phi) is 8.86. The maximum atomic E-state index is 13.1. The number of thioether (sulfide) groups is 1. The maximum Gasteiger partial charge on any atom is 0.318 e. The molecular formula is C28H24N4O9S. The number of hydrogen-bond acceptors (Lipinski definition) is 10. The minimum absolute atomic E-state index is 0.0228. The molecule has 0 aromatic heterocycles. The molecule has 13 nitrogen and oxygen atoms in total. The van der Waals surface area contributed by atoms with E-state index in [9.17, 15) is 34.6 Å². The largest absolute Gasteiger partial charge is 0.493 e. The molecule has 3 aromatic rings. The fraction of sp³-hybridized carbons (Fsp3) is 0.179. The van der Waals surface area contributed by atoms with Crippen LogP contribution in [0.25, 0.3) is 6.08 Å². The molecule has 0 atom stereocenters. The molecular weight excluding hydrogens is 568 g/mol. The van der Waals surface area contributed by atoms with Gasteiger partial charge in [0, 0.05) is 17.3 Å². The predicted octanol–water partition coefficient (Wildman–Crippen LogP) is 6.10. The Bertz CT molecular complexity index is 1620. The summed E-state index contributed by atoms with van der Waals surface area (Å²) in [5, 5.41) is 24.7. The van der Waals surface area contributed by atoms with E-state index < -0.39 is 44.8 Å². The molecule has 0 spiro atoms. The smallest absolute Gasteiger partial charge is 0.318 e. The van der Waals surface area contributed by atoms with E-state index in [0.29, 0.717) is 23.4 Å². The van der Waals surface area contributed by atoms with Crippen molar-refractivity contribution < 1.29 is 33.7 Å². The summed E-state index contributed by atoms with van der Waals surface area (Å²) >= 11 is 0.611. The van der Waals surface area contributed by atoms with Crippen LogP contribution in [-0.4, -0.2) is 45.5 Å². The predicted molar refractivity (Wildman–Crippen MR) is 155 cm³/mol. The minimum atomic E-state index is -0.827. The highest BCUT2D eigenvalue weighted by molar-refractivity contribution is 8.18. The number of methoxy groups -OCH3 is 1. The van der Waals surface area contributed by atoms with Crippen molar-refractivity contribution in [1.29, 1.82) is 0 Å². The Balaban J connectivity index is 1.58. The lowest BCUT2D eigenvalue weighted by Gasteiger charge is -2.14. The number of amides is 3. The van der Waals surface area contributed by atoms with Gasteiger partial charge in [0.2, 0.25) is 11.7 Å². The molecule has 0 saturated carbocycles. The molecule has 216 valence electrons.